The summed E-state index contributed by atoms with van der Waals surface area (Å²) in [6.07, 6.45) is -7.75. The van der Waals surface area contributed by atoms with E-state index in [0.29, 0.717) is 11.8 Å². The Labute approximate surface area is 194 Å². The molecular formula is C22H18F6N6O. The first-order valence-electron chi connectivity index (χ1n) is 10.6. The molecule has 1 aliphatic heterocycles. The Hall–Kier alpha value is -3.45. The van der Waals surface area contributed by atoms with Gasteiger partial charge in [0.15, 0.2) is 17.2 Å². The van der Waals surface area contributed by atoms with Crippen LogP contribution >= 0.6 is 0 Å². The predicted molar refractivity (Wildman–Crippen MR) is 113 cm³/mol. The second-order valence-corrected chi connectivity index (χ2v) is 8.27. The van der Waals surface area contributed by atoms with Gasteiger partial charge in [-0.3, -0.25) is 9.30 Å². The van der Waals surface area contributed by atoms with E-state index in [1.165, 1.54) is 45.8 Å². The van der Waals surface area contributed by atoms with Crippen LogP contribution in [-0.2, 0) is 0 Å². The van der Waals surface area contributed by atoms with E-state index in [-0.39, 0.29) is 47.4 Å². The highest BCUT2D eigenvalue weighted by Gasteiger charge is 2.46. The fourth-order valence-electron chi connectivity index (χ4n) is 4.35. The van der Waals surface area contributed by atoms with Crippen LogP contribution in [0.3, 0.4) is 0 Å². The van der Waals surface area contributed by atoms with Gasteiger partial charge in [0.25, 0.3) is 0 Å². The van der Waals surface area contributed by atoms with E-state index < -0.39 is 24.3 Å². The normalized spacial score (nSPS) is 18.4. The third-order valence-corrected chi connectivity index (χ3v) is 5.81. The molecule has 35 heavy (non-hydrogen) atoms. The van der Waals surface area contributed by atoms with Crippen molar-refractivity contribution in [2.24, 2.45) is 5.73 Å². The van der Waals surface area contributed by atoms with Gasteiger partial charge in [0.05, 0.1) is 0 Å². The van der Waals surface area contributed by atoms with Gasteiger partial charge in [-0.1, -0.05) is 24.3 Å². The number of benzene rings is 1. The number of para-hydroxylation sites is 1. The van der Waals surface area contributed by atoms with Crippen molar-refractivity contribution in [3.63, 3.8) is 0 Å². The highest BCUT2D eigenvalue weighted by atomic mass is 19.4. The molecule has 2 unspecified atom stereocenters. The summed E-state index contributed by atoms with van der Waals surface area (Å²) < 4.78 is 86.1. The van der Waals surface area contributed by atoms with Crippen LogP contribution in [0.4, 0.5) is 26.3 Å². The molecule has 0 amide bonds. The predicted octanol–water partition coefficient (Wildman–Crippen LogP) is 4.48. The number of ether oxygens (including phenoxy) is 1. The zero-order valence-electron chi connectivity index (χ0n) is 17.9. The molecule has 1 fully saturated rings. The molecule has 2 atom stereocenters. The molecule has 184 valence electrons. The highest BCUT2D eigenvalue weighted by Crippen LogP contribution is 2.39. The zero-order chi connectivity index (χ0) is 25.0. The van der Waals surface area contributed by atoms with Crippen LogP contribution in [0.15, 0.2) is 48.7 Å². The standard InChI is InChI=1S/C22H18F6N6O/c23-21(24,25)19(33-9-8-14(29)11-33)13-5-7-17-31-32-20(34(17)10-13)15-6-4-12-2-1-3-16(18(12)30-15)35-22(26,27)28/h1-7,10,14,19H,8-9,11,29H2. The Bertz CT molecular complexity index is 1380. The molecule has 2 N–H and O–H groups in total. The van der Waals surface area contributed by atoms with Crippen molar-refractivity contribution in [2.75, 3.05) is 13.1 Å². The summed E-state index contributed by atoms with van der Waals surface area (Å²) in [5.41, 5.74) is 6.09. The van der Waals surface area contributed by atoms with Gasteiger partial charge >= 0.3 is 12.5 Å². The minimum atomic E-state index is -4.92. The first kappa shape index (κ1) is 23.3. The Morgan fingerprint density at radius 3 is 2.49 bits per heavy atom. The van der Waals surface area contributed by atoms with E-state index in [0.717, 1.165) is 6.07 Å². The number of rotatable bonds is 4. The summed E-state index contributed by atoms with van der Waals surface area (Å²) in [4.78, 5) is 5.55. The molecule has 0 spiro atoms. The number of aromatic nitrogens is 4. The van der Waals surface area contributed by atoms with Crippen molar-refractivity contribution in [1.29, 1.82) is 0 Å². The number of likely N-dealkylation sites (tertiary alicyclic amines) is 1. The maximum absolute atomic E-state index is 14.0. The van der Waals surface area contributed by atoms with Gasteiger partial charge in [0, 0.05) is 30.7 Å². The summed E-state index contributed by atoms with van der Waals surface area (Å²) in [5, 5.41) is 8.38. The number of nitrogens with two attached hydrogens (primary N) is 1. The largest absolute Gasteiger partial charge is 0.573 e. The topological polar surface area (TPSA) is 81.6 Å². The molecule has 0 bridgehead atoms. The molecule has 7 nitrogen and oxygen atoms in total. The van der Waals surface area contributed by atoms with E-state index in [4.69, 9.17) is 5.73 Å². The van der Waals surface area contributed by atoms with Crippen molar-refractivity contribution in [3.05, 3.63) is 54.2 Å². The minimum Gasteiger partial charge on any atom is -0.403 e. The van der Waals surface area contributed by atoms with Gasteiger partial charge < -0.3 is 10.5 Å². The summed E-state index contributed by atoms with van der Waals surface area (Å²) in [6, 6.07) is 7.62. The molecule has 0 radical (unpaired) electrons. The molecule has 0 saturated carbocycles. The third-order valence-electron chi connectivity index (χ3n) is 5.81. The first-order chi connectivity index (χ1) is 16.5. The third kappa shape index (κ3) is 4.60. The van der Waals surface area contributed by atoms with Crippen LogP contribution < -0.4 is 10.5 Å². The average molecular weight is 496 g/mol. The quantitative estimate of drug-likeness (QED) is 0.420. The Balaban J connectivity index is 1.60. The van der Waals surface area contributed by atoms with Crippen molar-refractivity contribution in [1.82, 2.24) is 24.5 Å². The average Bonchev–Trinajstić information content (AvgIpc) is 3.38. The van der Waals surface area contributed by atoms with E-state index in [1.807, 2.05) is 0 Å². The summed E-state index contributed by atoms with van der Waals surface area (Å²) in [5.74, 6) is -0.432. The number of nitrogens with zero attached hydrogens (tertiary/aromatic N) is 5. The molecule has 0 aliphatic carbocycles. The highest BCUT2D eigenvalue weighted by molar-refractivity contribution is 5.86. The van der Waals surface area contributed by atoms with E-state index in [1.54, 1.807) is 6.07 Å². The van der Waals surface area contributed by atoms with Crippen LogP contribution in [0, 0.1) is 0 Å². The lowest BCUT2D eigenvalue weighted by Crippen LogP contribution is -2.38. The first-order valence-corrected chi connectivity index (χ1v) is 10.6. The van der Waals surface area contributed by atoms with Gasteiger partial charge in [-0.15, -0.1) is 23.4 Å². The number of hydrogen-bond donors (Lipinski definition) is 1. The lowest BCUT2D eigenvalue weighted by Gasteiger charge is -2.30. The van der Waals surface area contributed by atoms with Gasteiger partial charge in [-0.05, 0) is 30.2 Å². The van der Waals surface area contributed by atoms with Gasteiger partial charge in [0.1, 0.15) is 17.3 Å². The SMILES string of the molecule is NC1CCN(C(c2ccc3nnc(-c4ccc5cccc(OC(F)(F)F)c5n4)n3c2)C(F)(F)F)C1. The molecular weight excluding hydrogens is 478 g/mol. The number of alkyl halides is 6. The Morgan fingerprint density at radius 2 is 1.80 bits per heavy atom. The van der Waals surface area contributed by atoms with Crippen LogP contribution in [0.1, 0.15) is 18.0 Å². The van der Waals surface area contributed by atoms with E-state index in [9.17, 15) is 26.3 Å². The molecule has 4 heterocycles. The molecule has 13 heteroatoms. The second kappa shape index (κ2) is 8.34. The molecule has 1 saturated heterocycles. The molecule has 3 aromatic heterocycles. The minimum absolute atomic E-state index is 0.0398. The lowest BCUT2D eigenvalue weighted by atomic mass is 10.1. The van der Waals surface area contributed by atoms with E-state index >= 15 is 0 Å². The van der Waals surface area contributed by atoms with Gasteiger partial charge in [0.2, 0.25) is 0 Å². The van der Waals surface area contributed by atoms with Crippen molar-refractivity contribution < 1.29 is 31.1 Å². The van der Waals surface area contributed by atoms with E-state index in [2.05, 4.69) is 19.9 Å². The number of hydrogen-bond acceptors (Lipinski definition) is 6. The molecule has 5 rings (SSSR count). The number of fused-ring (bicyclic) bond motifs is 2. The number of pyridine rings is 2. The van der Waals surface area contributed by atoms with Crippen molar-refractivity contribution in [3.8, 4) is 17.3 Å². The summed E-state index contributed by atoms with van der Waals surface area (Å²) >= 11 is 0. The maximum atomic E-state index is 14.0. The zero-order valence-corrected chi connectivity index (χ0v) is 17.9. The van der Waals surface area contributed by atoms with Crippen molar-refractivity contribution in [2.45, 2.75) is 31.0 Å². The smallest absolute Gasteiger partial charge is 0.403 e. The van der Waals surface area contributed by atoms with Gasteiger partial charge in [-0.25, -0.2) is 4.98 Å². The fraction of sp³-hybridized carbons (Fsp3) is 0.318. The van der Waals surface area contributed by atoms with Crippen LogP contribution in [0.25, 0.3) is 28.1 Å². The Morgan fingerprint density at radius 1 is 1.00 bits per heavy atom. The maximum Gasteiger partial charge on any atom is 0.573 e. The second-order valence-electron chi connectivity index (χ2n) is 8.27. The van der Waals surface area contributed by atoms with Crippen LogP contribution in [-0.4, -0.2) is 56.2 Å². The fourth-order valence-corrected chi connectivity index (χ4v) is 4.35. The lowest BCUT2D eigenvalue weighted by molar-refractivity contribution is -0.274. The van der Waals surface area contributed by atoms with Gasteiger partial charge in [-0.2, -0.15) is 13.2 Å². The summed E-state index contributed by atoms with van der Waals surface area (Å²) in [6.45, 7) is 0.304. The number of halogens is 6. The molecule has 1 aromatic carbocycles. The van der Waals surface area contributed by atoms with Crippen LogP contribution in [0.5, 0.6) is 5.75 Å². The summed E-state index contributed by atoms with van der Waals surface area (Å²) in [7, 11) is 0. The van der Waals surface area contributed by atoms with Crippen LogP contribution in [0.2, 0.25) is 0 Å². The Kier molecular flexibility index (Phi) is 5.55. The van der Waals surface area contributed by atoms with Crippen molar-refractivity contribution >= 4 is 16.6 Å². The molecule has 1 aliphatic rings. The monoisotopic (exact) mass is 496 g/mol. The molecule has 4 aromatic rings.